The number of hydrogen-bond acceptors (Lipinski definition) is 6. The lowest BCUT2D eigenvalue weighted by Gasteiger charge is -2.35. The summed E-state index contributed by atoms with van der Waals surface area (Å²) in [6, 6.07) is 0.526. The summed E-state index contributed by atoms with van der Waals surface area (Å²) in [5.41, 5.74) is 0. The predicted molar refractivity (Wildman–Crippen MR) is 88.2 cm³/mol. The highest BCUT2D eigenvalue weighted by atomic mass is 16.2. The summed E-state index contributed by atoms with van der Waals surface area (Å²) in [5, 5.41) is 12.1. The quantitative estimate of drug-likeness (QED) is 0.763. The van der Waals surface area contributed by atoms with Crippen LogP contribution in [-0.4, -0.2) is 86.6 Å². The summed E-state index contributed by atoms with van der Waals surface area (Å²) in [5.74, 6) is 1.29. The van der Waals surface area contributed by atoms with Crippen molar-refractivity contribution in [2.75, 3.05) is 45.8 Å². The van der Waals surface area contributed by atoms with Crippen LogP contribution in [0.4, 0.5) is 0 Å². The van der Waals surface area contributed by atoms with Gasteiger partial charge in [-0.2, -0.15) is 0 Å². The molecule has 2 aliphatic heterocycles. The van der Waals surface area contributed by atoms with Crippen LogP contribution in [0.3, 0.4) is 0 Å². The standard InChI is InChI=1S/C16H27N7O/c24-16(22-6-2-1-3-7-22)13-21-10-8-20(9-11-21)12-15-17-18-19-23(15)14-4-5-14/h14H,1-13H2. The molecule has 132 valence electrons. The van der Waals surface area contributed by atoms with Gasteiger partial charge in [0.1, 0.15) is 0 Å². The van der Waals surface area contributed by atoms with E-state index in [1.165, 1.54) is 19.3 Å². The van der Waals surface area contributed by atoms with Crippen molar-refractivity contribution in [3.63, 3.8) is 0 Å². The molecule has 8 nitrogen and oxygen atoms in total. The highest BCUT2D eigenvalue weighted by Gasteiger charge is 2.29. The van der Waals surface area contributed by atoms with Gasteiger partial charge >= 0.3 is 0 Å². The monoisotopic (exact) mass is 333 g/mol. The number of piperazine rings is 1. The zero-order valence-corrected chi connectivity index (χ0v) is 14.3. The van der Waals surface area contributed by atoms with E-state index in [1.807, 2.05) is 9.58 Å². The topological polar surface area (TPSA) is 70.4 Å². The Kier molecular flexibility index (Phi) is 4.75. The average molecular weight is 333 g/mol. The van der Waals surface area contributed by atoms with Gasteiger partial charge in [0.15, 0.2) is 5.82 Å². The molecule has 0 aromatic carbocycles. The van der Waals surface area contributed by atoms with Crippen LogP contribution < -0.4 is 0 Å². The number of amides is 1. The van der Waals surface area contributed by atoms with Crippen LogP contribution in [-0.2, 0) is 11.3 Å². The molecule has 24 heavy (non-hydrogen) atoms. The number of carbonyl (C=O) groups excluding carboxylic acids is 1. The van der Waals surface area contributed by atoms with E-state index in [4.69, 9.17) is 0 Å². The second kappa shape index (κ2) is 7.14. The number of carbonyl (C=O) groups is 1. The van der Waals surface area contributed by atoms with Crippen LogP contribution >= 0.6 is 0 Å². The van der Waals surface area contributed by atoms with Gasteiger partial charge in [-0.15, -0.1) is 5.10 Å². The van der Waals surface area contributed by atoms with Gasteiger partial charge in [0.2, 0.25) is 5.91 Å². The lowest BCUT2D eigenvalue weighted by molar-refractivity contribution is -0.133. The first kappa shape index (κ1) is 16.0. The van der Waals surface area contributed by atoms with Crippen molar-refractivity contribution >= 4 is 5.91 Å². The fraction of sp³-hybridized carbons (Fsp3) is 0.875. The molecule has 3 aliphatic rings. The summed E-state index contributed by atoms with van der Waals surface area (Å²) in [4.78, 5) is 19.1. The zero-order chi connectivity index (χ0) is 16.4. The molecule has 0 unspecified atom stereocenters. The average Bonchev–Trinajstić information content (AvgIpc) is 3.37. The molecular formula is C16H27N7O. The molecule has 3 fully saturated rings. The third-order valence-electron chi connectivity index (χ3n) is 5.35. The molecule has 2 saturated heterocycles. The number of rotatable bonds is 5. The molecule has 8 heteroatoms. The van der Waals surface area contributed by atoms with E-state index in [2.05, 4.69) is 25.3 Å². The van der Waals surface area contributed by atoms with Crippen LogP contribution in [0, 0.1) is 0 Å². The van der Waals surface area contributed by atoms with Crippen molar-refractivity contribution in [3.05, 3.63) is 5.82 Å². The number of nitrogens with zero attached hydrogens (tertiary/aromatic N) is 7. The summed E-state index contributed by atoms with van der Waals surface area (Å²) >= 11 is 0. The number of aromatic nitrogens is 4. The van der Waals surface area contributed by atoms with E-state index in [0.29, 0.717) is 18.5 Å². The van der Waals surface area contributed by atoms with Crippen molar-refractivity contribution in [2.24, 2.45) is 0 Å². The van der Waals surface area contributed by atoms with E-state index in [-0.39, 0.29) is 0 Å². The van der Waals surface area contributed by atoms with Gasteiger partial charge in [0.05, 0.1) is 19.1 Å². The minimum Gasteiger partial charge on any atom is -0.342 e. The van der Waals surface area contributed by atoms with Gasteiger partial charge in [-0.1, -0.05) is 0 Å². The molecule has 0 radical (unpaired) electrons. The third kappa shape index (κ3) is 3.75. The minimum atomic E-state index is 0.306. The van der Waals surface area contributed by atoms with Gasteiger partial charge in [0.25, 0.3) is 0 Å². The first-order valence-electron chi connectivity index (χ1n) is 9.29. The second-order valence-electron chi connectivity index (χ2n) is 7.26. The van der Waals surface area contributed by atoms with Crippen molar-refractivity contribution < 1.29 is 4.79 Å². The lowest BCUT2D eigenvalue weighted by Crippen LogP contribution is -2.50. The fourth-order valence-electron chi connectivity index (χ4n) is 3.66. The van der Waals surface area contributed by atoms with Crippen molar-refractivity contribution in [1.29, 1.82) is 0 Å². The third-order valence-corrected chi connectivity index (χ3v) is 5.35. The molecule has 3 heterocycles. The molecule has 1 aromatic heterocycles. The van der Waals surface area contributed by atoms with E-state index in [9.17, 15) is 4.79 Å². The Morgan fingerprint density at radius 2 is 1.67 bits per heavy atom. The molecule has 0 atom stereocenters. The van der Waals surface area contributed by atoms with E-state index >= 15 is 0 Å². The van der Waals surface area contributed by atoms with Crippen LogP contribution in [0.15, 0.2) is 0 Å². The number of tetrazole rings is 1. The number of piperidine rings is 1. The molecule has 0 N–H and O–H groups in total. The number of likely N-dealkylation sites (tertiary alicyclic amines) is 1. The molecule has 4 rings (SSSR count). The molecule has 1 aliphatic carbocycles. The highest BCUT2D eigenvalue weighted by molar-refractivity contribution is 5.78. The van der Waals surface area contributed by atoms with Gasteiger partial charge < -0.3 is 4.90 Å². The van der Waals surface area contributed by atoms with Crippen LogP contribution in [0.25, 0.3) is 0 Å². The largest absolute Gasteiger partial charge is 0.342 e. The molecule has 1 aromatic rings. The Morgan fingerprint density at radius 1 is 0.958 bits per heavy atom. The maximum atomic E-state index is 12.4. The zero-order valence-electron chi connectivity index (χ0n) is 14.3. The maximum Gasteiger partial charge on any atom is 0.236 e. The summed E-state index contributed by atoms with van der Waals surface area (Å²) in [6.07, 6.45) is 5.99. The van der Waals surface area contributed by atoms with E-state index in [0.717, 1.165) is 64.5 Å². The Labute approximate surface area is 142 Å². The Bertz CT molecular complexity index is 557. The Morgan fingerprint density at radius 3 is 2.38 bits per heavy atom. The number of hydrogen-bond donors (Lipinski definition) is 0. The molecule has 1 saturated carbocycles. The summed E-state index contributed by atoms with van der Waals surface area (Å²) < 4.78 is 1.99. The van der Waals surface area contributed by atoms with Crippen molar-refractivity contribution in [1.82, 2.24) is 34.9 Å². The smallest absolute Gasteiger partial charge is 0.236 e. The second-order valence-corrected chi connectivity index (χ2v) is 7.26. The van der Waals surface area contributed by atoms with Gasteiger partial charge in [-0.3, -0.25) is 14.6 Å². The SMILES string of the molecule is O=C(CN1CCN(Cc2nnnn2C2CC2)CC1)N1CCCCC1. The Hall–Kier alpha value is -1.54. The lowest BCUT2D eigenvalue weighted by atomic mass is 10.1. The minimum absolute atomic E-state index is 0.306. The first-order chi connectivity index (χ1) is 11.8. The Balaban J connectivity index is 1.23. The van der Waals surface area contributed by atoms with E-state index in [1.54, 1.807) is 0 Å². The maximum absolute atomic E-state index is 12.4. The van der Waals surface area contributed by atoms with Crippen LogP contribution in [0.1, 0.15) is 44.0 Å². The van der Waals surface area contributed by atoms with Gasteiger partial charge in [-0.25, -0.2) is 4.68 Å². The highest BCUT2D eigenvalue weighted by Crippen LogP contribution is 2.34. The van der Waals surface area contributed by atoms with Crippen LogP contribution in [0.2, 0.25) is 0 Å². The predicted octanol–water partition coefficient (Wildman–Crippen LogP) is 0.138. The molecule has 0 bridgehead atoms. The first-order valence-corrected chi connectivity index (χ1v) is 9.29. The van der Waals surface area contributed by atoms with Crippen LogP contribution in [0.5, 0.6) is 0 Å². The van der Waals surface area contributed by atoms with E-state index < -0.39 is 0 Å². The molecular weight excluding hydrogens is 306 g/mol. The normalized spacial score (nSPS) is 23.6. The summed E-state index contributed by atoms with van der Waals surface area (Å²) in [7, 11) is 0. The molecule has 1 amide bonds. The van der Waals surface area contributed by atoms with Gasteiger partial charge in [-0.05, 0) is 42.5 Å². The molecule has 0 spiro atoms. The van der Waals surface area contributed by atoms with Crippen molar-refractivity contribution in [2.45, 2.75) is 44.7 Å². The van der Waals surface area contributed by atoms with Crippen molar-refractivity contribution in [3.8, 4) is 0 Å². The van der Waals surface area contributed by atoms with Gasteiger partial charge in [0, 0.05) is 39.3 Å². The summed E-state index contributed by atoms with van der Waals surface area (Å²) in [6.45, 7) is 7.14. The fourth-order valence-corrected chi connectivity index (χ4v) is 3.66.